The van der Waals surface area contributed by atoms with E-state index in [2.05, 4.69) is 5.32 Å². The van der Waals surface area contributed by atoms with Crippen LogP contribution in [-0.2, 0) is 0 Å². The first-order valence-electron chi connectivity index (χ1n) is 5.71. The molecule has 1 fully saturated rings. The normalized spacial score (nSPS) is 16.9. The van der Waals surface area contributed by atoms with Gasteiger partial charge < -0.3 is 16.0 Å². The fraction of sp³-hybridized carbons (Fsp3) is 0.417. The van der Waals surface area contributed by atoms with E-state index in [1.807, 2.05) is 24.3 Å². The second-order valence-corrected chi connectivity index (χ2v) is 4.69. The molecule has 1 aliphatic heterocycles. The van der Waals surface area contributed by atoms with Gasteiger partial charge in [0.1, 0.15) is 0 Å². The van der Waals surface area contributed by atoms with Crippen molar-refractivity contribution in [1.29, 1.82) is 0 Å². The van der Waals surface area contributed by atoms with Gasteiger partial charge in [0.15, 0.2) is 0 Å². The van der Waals surface area contributed by atoms with Gasteiger partial charge in [0.2, 0.25) is 0 Å². The van der Waals surface area contributed by atoms with Gasteiger partial charge in [-0.15, -0.1) is 0 Å². The molecule has 5 heteroatoms. The van der Waals surface area contributed by atoms with E-state index in [4.69, 9.17) is 17.3 Å². The smallest absolute Gasteiger partial charge is 0.314 e. The molecule has 0 spiro atoms. The maximum atomic E-state index is 11.0. The number of primary amides is 1. The van der Waals surface area contributed by atoms with Crippen molar-refractivity contribution in [1.82, 2.24) is 4.90 Å². The maximum Gasteiger partial charge on any atom is 0.314 e. The number of carbonyl (C=O) groups excluding carboxylic acids is 1. The lowest BCUT2D eigenvalue weighted by Crippen LogP contribution is -2.44. The summed E-state index contributed by atoms with van der Waals surface area (Å²) < 4.78 is 0. The zero-order chi connectivity index (χ0) is 12.3. The molecule has 2 amide bonds. The summed E-state index contributed by atoms with van der Waals surface area (Å²) in [6.07, 6.45) is 1.84. The van der Waals surface area contributed by atoms with Crippen LogP contribution in [-0.4, -0.2) is 30.1 Å². The first-order valence-corrected chi connectivity index (χ1v) is 6.09. The SMILES string of the molecule is NC(=O)N1CCC(Nc2ccc(Cl)cc2)CC1. The third-order valence-corrected chi connectivity index (χ3v) is 3.27. The summed E-state index contributed by atoms with van der Waals surface area (Å²) in [4.78, 5) is 12.7. The Bertz CT molecular complexity index is 385. The van der Waals surface area contributed by atoms with Crippen LogP contribution in [0.3, 0.4) is 0 Å². The molecule has 0 atom stereocenters. The zero-order valence-electron chi connectivity index (χ0n) is 9.53. The van der Waals surface area contributed by atoms with Gasteiger partial charge >= 0.3 is 6.03 Å². The number of amides is 2. The quantitative estimate of drug-likeness (QED) is 0.850. The molecule has 4 nitrogen and oxygen atoms in total. The van der Waals surface area contributed by atoms with Crippen LogP contribution in [0.25, 0.3) is 0 Å². The highest BCUT2D eigenvalue weighted by molar-refractivity contribution is 6.30. The average Bonchev–Trinajstić information content (AvgIpc) is 2.33. The lowest BCUT2D eigenvalue weighted by atomic mass is 10.1. The molecule has 1 heterocycles. The van der Waals surface area contributed by atoms with Gasteiger partial charge in [0, 0.05) is 29.8 Å². The Labute approximate surface area is 106 Å². The van der Waals surface area contributed by atoms with Crippen molar-refractivity contribution in [3.63, 3.8) is 0 Å². The van der Waals surface area contributed by atoms with E-state index >= 15 is 0 Å². The monoisotopic (exact) mass is 253 g/mol. The van der Waals surface area contributed by atoms with E-state index in [1.165, 1.54) is 0 Å². The van der Waals surface area contributed by atoms with Gasteiger partial charge in [-0.25, -0.2) is 4.79 Å². The van der Waals surface area contributed by atoms with Gasteiger partial charge in [-0.05, 0) is 37.1 Å². The van der Waals surface area contributed by atoms with Crippen LogP contribution in [0.15, 0.2) is 24.3 Å². The predicted molar refractivity (Wildman–Crippen MR) is 69.3 cm³/mol. The molecule has 0 radical (unpaired) electrons. The fourth-order valence-electron chi connectivity index (χ4n) is 2.03. The molecule has 17 heavy (non-hydrogen) atoms. The topological polar surface area (TPSA) is 58.4 Å². The Morgan fingerprint density at radius 3 is 2.41 bits per heavy atom. The zero-order valence-corrected chi connectivity index (χ0v) is 10.3. The van der Waals surface area contributed by atoms with E-state index < -0.39 is 0 Å². The molecule has 1 aliphatic rings. The highest BCUT2D eigenvalue weighted by atomic mass is 35.5. The number of urea groups is 1. The molecule has 0 aliphatic carbocycles. The molecule has 3 N–H and O–H groups in total. The predicted octanol–water partition coefficient (Wildman–Crippen LogP) is 2.29. The van der Waals surface area contributed by atoms with Crippen LogP contribution in [0.1, 0.15) is 12.8 Å². The molecule has 0 bridgehead atoms. The third-order valence-electron chi connectivity index (χ3n) is 3.02. The lowest BCUT2D eigenvalue weighted by Gasteiger charge is -2.31. The van der Waals surface area contributed by atoms with Crippen LogP contribution < -0.4 is 11.1 Å². The maximum absolute atomic E-state index is 11.0. The van der Waals surface area contributed by atoms with E-state index in [1.54, 1.807) is 4.90 Å². The summed E-state index contributed by atoms with van der Waals surface area (Å²) >= 11 is 5.82. The summed E-state index contributed by atoms with van der Waals surface area (Å²) in [5, 5.41) is 4.17. The Kier molecular flexibility index (Phi) is 3.74. The lowest BCUT2D eigenvalue weighted by molar-refractivity contribution is 0.193. The van der Waals surface area contributed by atoms with Gasteiger partial charge in [-0.1, -0.05) is 11.6 Å². The number of benzene rings is 1. The van der Waals surface area contributed by atoms with E-state index in [-0.39, 0.29) is 6.03 Å². The van der Waals surface area contributed by atoms with Crippen molar-refractivity contribution in [2.75, 3.05) is 18.4 Å². The number of nitrogens with one attached hydrogen (secondary N) is 1. The molecule has 2 rings (SSSR count). The first kappa shape index (κ1) is 12.0. The van der Waals surface area contributed by atoms with Crippen LogP contribution in [0.2, 0.25) is 5.02 Å². The van der Waals surface area contributed by atoms with Crippen LogP contribution in [0, 0.1) is 0 Å². The largest absolute Gasteiger partial charge is 0.382 e. The Balaban J connectivity index is 1.85. The summed E-state index contributed by atoms with van der Waals surface area (Å²) in [6, 6.07) is 7.72. The van der Waals surface area contributed by atoms with Crippen molar-refractivity contribution in [3.05, 3.63) is 29.3 Å². The van der Waals surface area contributed by atoms with E-state index in [9.17, 15) is 4.79 Å². The number of carbonyl (C=O) groups is 1. The highest BCUT2D eigenvalue weighted by Gasteiger charge is 2.20. The molecular formula is C12H16ClN3O. The summed E-state index contributed by atoms with van der Waals surface area (Å²) in [5.74, 6) is 0. The number of anilines is 1. The molecule has 0 saturated carbocycles. The second kappa shape index (κ2) is 5.27. The fourth-order valence-corrected chi connectivity index (χ4v) is 2.15. The minimum atomic E-state index is -0.324. The van der Waals surface area contributed by atoms with Crippen LogP contribution in [0.5, 0.6) is 0 Å². The molecule has 1 aromatic carbocycles. The second-order valence-electron chi connectivity index (χ2n) is 4.25. The number of rotatable bonds is 2. The standard InChI is InChI=1S/C12H16ClN3O/c13-9-1-3-10(4-2-9)15-11-5-7-16(8-6-11)12(14)17/h1-4,11,15H,5-8H2,(H2,14,17). The Hall–Kier alpha value is -1.42. The van der Waals surface area contributed by atoms with E-state index in [0.717, 1.165) is 36.6 Å². The van der Waals surface area contributed by atoms with Crippen molar-refractivity contribution in [3.8, 4) is 0 Å². The van der Waals surface area contributed by atoms with Gasteiger partial charge in [-0.3, -0.25) is 0 Å². The molecule has 0 unspecified atom stereocenters. The first-order chi connectivity index (χ1) is 8.15. The van der Waals surface area contributed by atoms with Gasteiger partial charge in [0.05, 0.1) is 0 Å². The number of halogens is 1. The van der Waals surface area contributed by atoms with Crippen molar-refractivity contribution < 1.29 is 4.79 Å². The molecule has 1 aromatic rings. The van der Waals surface area contributed by atoms with E-state index in [0.29, 0.717) is 6.04 Å². The minimum absolute atomic E-state index is 0.324. The minimum Gasteiger partial charge on any atom is -0.382 e. The number of piperidine rings is 1. The number of hydrogen-bond donors (Lipinski definition) is 2. The molecule has 1 saturated heterocycles. The van der Waals surface area contributed by atoms with Crippen LogP contribution >= 0.6 is 11.6 Å². The molecule has 92 valence electrons. The Morgan fingerprint density at radius 1 is 1.29 bits per heavy atom. The van der Waals surface area contributed by atoms with Gasteiger partial charge in [0.25, 0.3) is 0 Å². The summed E-state index contributed by atoms with van der Waals surface area (Å²) in [6.45, 7) is 1.45. The third kappa shape index (κ3) is 3.27. The van der Waals surface area contributed by atoms with Crippen molar-refractivity contribution in [2.45, 2.75) is 18.9 Å². The van der Waals surface area contributed by atoms with Gasteiger partial charge in [-0.2, -0.15) is 0 Å². The molecular weight excluding hydrogens is 238 g/mol. The Morgan fingerprint density at radius 2 is 1.88 bits per heavy atom. The number of hydrogen-bond acceptors (Lipinski definition) is 2. The molecule has 0 aromatic heterocycles. The van der Waals surface area contributed by atoms with Crippen LogP contribution in [0.4, 0.5) is 10.5 Å². The number of likely N-dealkylation sites (tertiary alicyclic amines) is 1. The summed E-state index contributed by atoms with van der Waals surface area (Å²) in [5.41, 5.74) is 6.30. The summed E-state index contributed by atoms with van der Waals surface area (Å²) in [7, 11) is 0. The van der Waals surface area contributed by atoms with Crippen molar-refractivity contribution in [2.24, 2.45) is 5.73 Å². The number of nitrogens with zero attached hydrogens (tertiary/aromatic N) is 1. The number of nitrogens with two attached hydrogens (primary N) is 1. The van der Waals surface area contributed by atoms with Crippen molar-refractivity contribution >= 4 is 23.3 Å². The highest BCUT2D eigenvalue weighted by Crippen LogP contribution is 2.18. The average molecular weight is 254 g/mol.